The molecule has 0 aliphatic heterocycles. The summed E-state index contributed by atoms with van der Waals surface area (Å²) in [6, 6.07) is 16.4. The van der Waals surface area contributed by atoms with E-state index in [2.05, 4.69) is 19.9 Å². The van der Waals surface area contributed by atoms with Crippen LogP contribution in [0.1, 0.15) is 55.5 Å². The van der Waals surface area contributed by atoms with Crippen molar-refractivity contribution >= 4 is 36.9 Å². The molecule has 214 valence electrons. The van der Waals surface area contributed by atoms with Crippen molar-refractivity contribution in [3.63, 3.8) is 0 Å². The lowest BCUT2D eigenvalue weighted by Crippen LogP contribution is -2.58. The molecule has 3 saturated carbocycles. The highest BCUT2D eigenvalue weighted by Gasteiger charge is 2.53. The lowest BCUT2D eigenvalue weighted by Gasteiger charge is -2.52. The fourth-order valence-corrected chi connectivity index (χ4v) is 9.30. The van der Waals surface area contributed by atoms with Crippen LogP contribution in [0.3, 0.4) is 0 Å². The molecule has 3 aromatic heterocycles. The highest BCUT2D eigenvalue weighted by Crippen LogP contribution is 2.53. The van der Waals surface area contributed by atoms with Crippen LogP contribution in [0.15, 0.2) is 76.8 Å². The molecule has 5 aromatic rings. The predicted octanol–water partition coefficient (Wildman–Crippen LogP) is 3.82. The number of rotatable bonds is 6. The van der Waals surface area contributed by atoms with Gasteiger partial charge in [0.15, 0.2) is 11.3 Å². The Hall–Kier alpha value is -4.12. The Morgan fingerprint density at radius 1 is 0.857 bits per heavy atom. The van der Waals surface area contributed by atoms with E-state index >= 15 is 0 Å². The normalized spacial score (nSPS) is 22.5. The summed E-state index contributed by atoms with van der Waals surface area (Å²) in [5.74, 6) is 0.749. The minimum Gasteiger partial charge on any atom is -0.274 e. The summed E-state index contributed by atoms with van der Waals surface area (Å²) in [6.07, 6.45) is 7.07. The number of benzene rings is 2. The maximum atomic E-state index is 13.5. The van der Waals surface area contributed by atoms with Gasteiger partial charge in [0.1, 0.15) is 5.82 Å². The van der Waals surface area contributed by atoms with Crippen LogP contribution in [-0.2, 0) is 25.5 Å². The van der Waals surface area contributed by atoms with E-state index in [-0.39, 0.29) is 20.9 Å². The first-order valence-electron chi connectivity index (χ1n) is 13.6. The molecule has 3 aliphatic rings. The fourth-order valence-electron chi connectivity index (χ4n) is 6.52. The molecular formula is C29H27N7O4S2. The van der Waals surface area contributed by atoms with Gasteiger partial charge in [-0.05, 0) is 87.9 Å². The minimum absolute atomic E-state index is 0.140. The summed E-state index contributed by atoms with van der Waals surface area (Å²) < 4.78 is 59.6. The Bertz CT molecular complexity index is 2100. The number of nitrogens with zero attached hydrogens (tertiary/aromatic N) is 6. The quantitative estimate of drug-likeness (QED) is 0.308. The highest BCUT2D eigenvalue weighted by molar-refractivity contribution is 7.90. The Morgan fingerprint density at radius 2 is 1.50 bits per heavy atom. The zero-order valence-corrected chi connectivity index (χ0v) is 24.4. The Kier molecular flexibility index (Phi) is 5.85. The summed E-state index contributed by atoms with van der Waals surface area (Å²) >= 11 is 0. The number of aryl methyl sites for hydroxylation is 1. The first-order chi connectivity index (χ1) is 20.1. The van der Waals surface area contributed by atoms with Crippen molar-refractivity contribution in [1.29, 1.82) is 5.26 Å². The Labute approximate surface area is 242 Å². The van der Waals surface area contributed by atoms with Crippen LogP contribution in [0.5, 0.6) is 0 Å². The summed E-state index contributed by atoms with van der Waals surface area (Å²) in [6.45, 7) is 1.90. The van der Waals surface area contributed by atoms with Gasteiger partial charge >= 0.3 is 0 Å². The van der Waals surface area contributed by atoms with E-state index in [1.165, 1.54) is 40.6 Å². The number of fused-ring (bicyclic) bond motifs is 6. The number of sulfonamides is 1. The fraction of sp³-hybridized carbons (Fsp3) is 0.310. The van der Waals surface area contributed by atoms with Crippen LogP contribution >= 0.6 is 0 Å². The smallest absolute Gasteiger partial charge is 0.269 e. The molecule has 0 saturated heterocycles. The van der Waals surface area contributed by atoms with Crippen LogP contribution in [0.2, 0.25) is 0 Å². The lowest BCUT2D eigenvalue weighted by molar-refractivity contribution is 0.0882. The molecule has 11 nitrogen and oxygen atoms in total. The van der Waals surface area contributed by atoms with Gasteiger partial charge < -0.3 is 0 Å². The topological polar surface area (TPSA) is 152 Å². The number of hydrogen-bond acceptors (Lipinski definition) is 8. The van der Waals surface area contributed by atoms with E-state index in [0.717, 1.165) is 11.4 Å². The Morgan fingerprint density at radius 3 is 2.14 bits per heavy atom. The van der Waals surface area contributed by atoms with Crippen LogP contribution < -0.4 is 4.72 Å². The lowest BCUT2D eigenvalue weighted by atomic mass is 9.57. The second-order valence-corrected chi connectivity index (χ2v) is 14.9. The third-order valence-electron chi connectivity index (χ3n) is 8.98. The first kappa shape index (κ1) is 26.8. The molecule has 0 atom stereocenters. The largest absolute Gasteiger partial charge is 0.274 e. The number of nitrogens with one attached hydrogen (secondary N) is 1. The Balaban J connectivity index is 1.21. The van der Waals surface area contributed by atoms with E-state index in [0.29, 0.717) is 55.3 Å². The zero-order valence-electron chi connectivity index (χ0n) is 22.7. The molecule has 42 heavy (non-hydrogen) atoms. The second kappa shape index (κ2) is 9.19. The molecule has 13 heteroatoms. The van der Waals surface area contributed by atoms with Gasteiger partial charge in [-0.1, -0.05) is 17.7 Å². The van der Waals surface area contributed by atoms with Crippen LogP contribution in [0.4, 0.5) is 0 Å². The highest BCUT2D eigenvalue weighted by atomic mass is 32.2. The van der Waals surface area contributed by atoms with Crippen molar-refractivity contribution in [3.05, 3.63) is 83.9 Å². The molecule has 3 fully saturated rings. The summed E-state index contributed by atoms with van der Waals surface area (Å²) in [5.41, 5.74) is 1.90. The predicted molar refractivity (Wildman–Crippen MR) is 154 cm³/mol. The molecule has 3 aliphatic carbocycles. The van der Waals surface area contributed by atoms with Crippen molar-refractivity contribution < 1.29 is 16.8 Å². The van der Waals surface area contributed by atoms with E-state index in [9.17, 15) is 16.8 Å². The van der Waals surface area contributed by atoms with Crippen molar-refractivity contribution in [2.24, 2.45) is 0 Å². The SMILES string of the molecule is Cc1ccc(S(=O)(=O)n2ccc3c2ncc2nnc(C45CCC(NS(=O)(=O)c6ccc(C#N)cc6)(CC4)CC5)n23)cc1. The van der Waals surface area contributed by atoms with Gasteiger partial charge in [-0.3, -0.25) is 4.40 Å². The summed E-state index contributed by atoms with van der Waals surface area (Å²) in [4.78, 5) is 4.77. The average molecular weight is 602 g/mol. The van der Waals surface area contributed by atoms with Crippen molar-refractivity contribution in [2.45, 2.75) is 66.2 Å². The van der Waals surface area contributed by atoms with Crippen molar-refractivity contribution in [3.8, 4) is 6.07 Å². The first-order valence-corrected chi connectivity index (χ1v) is 16.6. The van der Waals surface area contributed by atoms with Crippen LogP contribution in [0, 0.1) is 18.3 Å². The molecule has 2 bridgehead atoms. The maximum Gasteiger partial charge on any atom is 0.269 e. The van der Waals surface area contributed by atoms with Gasteiger partial charge in [-0.2, -0.15) is 5.26 Å². The summed E-state index contributed by atoms with van der Waals surface area (Å²) in [5, 5.41) is 18.0. The van der Waals surface area contributed by atoms with Crippen molar-refractivity contribution in [1.82, 2.24) is 28.3 Å². The molecule has 2 aromatic carbocycles. The zero-order chi connectivity index (χ0) is 29.3. The molecule has 0 unspecified atom stereocenters. The van der Waals surface area contributed by atoms with E-state index in [1.54, 1.807) is 30.3 Å². The molecule has 3 heterocycles. The number of hydrogen-bond donors (Lipinski definition) is 1. The van der Waals surface area contributed by atoms with Crippen molar-refractivity contribution in [2.75, 3.05) is 0 Å². The number of aromatic nitrogens is 5. The van der Waals surface area contributed by atoms with Gasteiger partial charge in [-0.25, -0.2) is 30.5 Å². The average Bonchev–Trinajstić information content (AvgIpc) is 3.63. The number of nitriles is 1. The van der Waals surface area contributed by atoms with Gasteiger partial charge in [-0.15, -0.1) is 10.2 Å². The van der Waals surface area contributed by atoms with Gasteiger partial charge in [0.2, 0.25) is 10.0 Å². The van der Waals surface area contributed by atoms with Gasteiger partial charge in [0, 0.05) is 17.2 Å². The van der Waals surface area contributed by atoms with Gasteiger partial charge in [0.05, 0.1) is 33.1 Å². The van der Waals surface area contributed by atoms with E-state index in [1.807, 2.05) is 17.4 Å². The van der Waals surface area contributed by atoms with Crippen LogP contribution in [0.25, 0.3) is 16.8 Å². The monoisotopic (exact) mass is 601 g/mol. The molecular weight excluding hydrogens is 574 g/mol. The third-order valence-corrected chi connectivity index (χ3v) is 12.3. The third kappa shape index (κ3) is 4.05. The molecule has 0 amide bonds. The molecule has 1 N–H and O–H groups in total. The molecule has 0 spiro atoms. The summed E-state index contributed by atoms with van der Waals surface area (Å²) in [7, 11) is -7.64. The van der Waals surface area contributed by atoms with Gasteiger partial charge in [0.25, 0.3) is 10.0 Å². The van der Waals surface area contributed by atoms with Crippen LogP contribution in [-0.4, -0.2) is 45.9 Å². The second-order valence-electron chi connectivity index (χ2n) is 11.4. The standard InChI is InChI=1S/C29H27N7O4S2/c1-20-2-6-23(7-3-20)42(39,40)35-17-10-24-26(35)31-19-25-32-33-27(36(24)25)28-11-14-29(15-12-28,16-13-28)34-41(37,38)22-8-4-21(18-30)5-9-22/h2-10,17,19,34H,11-16H2,1H3. The maximum absolute atomic E-state index is 13.5. The van der Waals surface area contributed by atoms with E-state index < -0.39 is 25.6 Å². The van der Waals surface area contributed by atoms with E-state index in [4.69, 9.17) is 5.26 Å². The minimum atomic E-state index is -3.87. The molecule has 8 rings (SSSR count). The molecule has 0 radical (unpaired) electrons.